The summed E-state index contributed by atoms with van der Waals surface area (Å²) in [7, 11) is 1.84. The number of rotatable bonds is 4. The van der Waals surface area contributed by atoms with E-state index in [4.69, 9.17) is 0 Å². The number of amides is 1. The van der Waals surface area contributed by atoms with Gasteiger partial charge in [0.05, 0.1) is 24.8 Å². The predicted molar refractivity (Wildman–Crippen MR) is 92.4 cm³/mol. The summed E-state index contributed by atoms with van der Waals surface area (Å²) in [5, 5.41) is 4.85. The zero-order valence-electron chi connectivity index (χ0n) is 14.1. The third-order valence-electron chi connectivity index (χ3n) is 4.17. The van der Waals surface area contributed by atoms with Crippen molar-refractivity contribution in [1.82, 2.24) is 19.9 Å². The highest BCUT2D eigenvalue weighted by molar-refractivity contribution is 7.13. The lowest BCUT2D eigenvalue weighted by Crippen LogP contribution is -2.39. The van der Waals surface area contributed by atoms with Crippen LogP contribution >= 0.6 is 11.3 Å². The van der Waals surface area contributed by atoms with Crippen LogP contribution in [-0.2, 0) is 7.05 Å². The van der Waals surface area contributed by atoms with Crippen LogP contribution in [0.1, 0.15) is 36.2 Å². The van der Waals surface area contributed by atoms with Crippen molar-refractivity contribution in [2.45, 2.75) is 37.9 Å². The number of hydrogen-bond acceptors (Lipinski definition) is 5. The molecule has 0 saturated heterocycles. The van der Waals surface area contributed by atoms with Gasteiger partial charge in [0.1, 0.15) is 10.7 Å². The van der Waals surface area contributed by atoms with E-state index in [1.165, 1.54) is 11.3 Å². The molecule has 0 atom stereocenters. The monoisotopic (exact) mass is 385 g/mol. The second-order valence-corrected chi connectivity index (χ2v) is 7.04. The fraction of sp³-hybridized carbons (Fsp3) is 0.500. The van der Waals surface area contributed by atoms with Crippen LogP contribution < -0.4 is 5.32 Å². The topological polar surface area (TPSA) is 72.2 Å². The Labute approximate surface area is 152 Å². The molecule has 1 saturated carbocycles. The molecule has 0 radical (unpaired) electrons. The minimum Gasteiger partial charge on any atom is -0.332 e. The Balaban J connectivity index is 1.57. The standard InChI is InChI=1S/C16H18F3N5OS/c1-24-9-20-6-13(24)15-23-12(7-26-15)14(25)22-11-4-2-10(3-5-11)21-8-16(17,18)19/h6-7,9-10,21H,2-5,8H2,1H3. The van der Waals surface area contributed by atoms with Crippen molar-refractivity contribution in [3.05, 3.63) is 23.6 Å². The van der Waals surface area contributed by atoms with Gasteiger partial charge in [-0.1, -0.05) is 0 Å². The summed E-state index contributed by atoms with van der Waals surface area (Å²) in [5.41, 5.74) is 1.81. The first-order chi connectivity index (χ1) is 12.3. The second-order valence-electron chi connectivity index (χ2n) is 6.18. The van der Waals surface area contributed by atoms with E-state index in [9.17, 15) is 18.0 Å². The Hall–Kier alpha value is -2.07. The molecular formula is C16H18F3N5OS. The summed E-state index contributed by atoms with van der Waals surface area (Å²) in [5.74, 6) is -0.411. The number of aryl methyl sites for hydroxylation is 1. The maximum Gasteiger partial charge on any atom is 0.401 e. The third-order valence-corrected chi connectivity index (χ3v) is 5.04. The predicted octanol–water partition coefficient (Wildman–Crippen LogP) is 3.22. The number of nitrogens with one attached hydrogen (secondary N) is 1. The summed E-state index contributed by atoms with van der Waals surface area (Å²) in [6.45, 7) is -0.987. The summed E-state index contributed by atoms with van der Waals surface area (Å²) < 4.78 is 38.5. The van der Waals surface area contributed by atoms with Crippen molar-refractivity contribution in [3.63, 3.8) is 0 Å². The van der Waals surface area contributed by atoms with Crippen molar-refractivity contribution in [2.24, 2.45) is 12.0 Å². The molecule has 0 unspecified atom stereocenters. The lowest BCUT2D eigenvalue weighted by molar-refractivity contribution is -0.126. The Bertz CT molecular complexity index is 801. The number of carbonyl (C=O) groups excluding carboxylic acids is 1. The molecule has 0 spiro atoms. The van der Waals surface area contributed by atoms with Crippen LogP contribution in [0.15, 0.2) is 22.9 Å². The molecule has 10 heteroatoms. The number of aliphatic imine (C=N–C) groups is 1. The van der Waals surface area contributed by atoms with E-state index < -0.39 is 18.6 Å². The molecule has 1 fully saturated rings. The first-order valence-corrected chi connectivity index (χ1v) is 9.03. The largest absolute Gasteiger partial charge is 0.401 e. The number of alkyl halides is 3. The zero-order valence-corrected chi connectivity index (χ0v) is 14.9. The molecule has 1 amide bonds. The lowest BCUT2D eigenvalue weighted by Gasteiger charge is -2.24. The van der Waals surface area contributed by atoms with Crippen molar-refractivity contribution < 1.29 is 18.0 Å². The first kappa shape index (κ1) is 18.7. The smallest absolute Gasteiger partial charge is 0.332 e. The van der Waals surface area contributed by atoms with Gasteiger partial charge in [-0.3, -0.25) is 4.79 Å². The maximum absolute atomic E-state index is 12.3. The van der Waals surface area contributed by atoms with Gasteiger partial charge in [0, 0.05) is 24.2 Å². The minimum atomic E-state index is -4.21. The molecule has 3 rings (SSSR count). The second kappa shape index (κ2) is 7.67. The molecule has 140 valence electrons. The molecule has 1 aliphatic rings. The van der Waals surface area contributed by atoms with Gasteiger partial charge in [0.2, 0.25) is 0 Å². The van der Waals surface area contributed by atoms with Crippen molar-refractivity contribution in [3.8, 4) is 10.7 Å². The zero-order chi connectivity index (χ0) is 18.7. The van der Waals surface area contributed by atoms with Gasteiger partial charge in [-0.15, -0.1) is 11.3 Å². The third kappa shape index (κ3) is 4.76. The van der Waals surface area contributed by atoms with E-state index in [0.717, 1.165) is 11.4 Å². The van der Waals surface area contributed by atoms with Crippen molar-refractivity contribution in [2.75, 3.05) is 6.54 Å². The summed E-state index contributed by atoms with van der Waals surface area (Å²) in [4.78, 5) is 24.7. The van der Waals surface area contributed by atoms with Crippen LogP contribution in [0.5, 0.6) is 0 Å². The van der Waals surface area contributed by atoms with Crippen LogP contribution in [-0.4, -0.2) is 44.9 Å². The number of halogens is 3. The molecule has 6 nitrogen and oxygen atoms in total. The molecule has 2 aromatic rings. The van der Waals surface area contributed by atoms with Crippen molar-refractivity contribution >= 4 is 23.0 Å². The molecule has 2 heterocycles. The Kier molecular flexibility index (Phi) is 5.52. The molecule has 1 N–H and O–H groups in total. The van der Waals surface area contributed by atoms with Gasteiger partial charge in [-0.25, -0.2) is 15.0 Å². The number of imidazole rings is 1. The van der Waals surface area contributed by atoms with E-state index in [0.29, 0.717) is 30.7 Å². The van der Waals surface area contributed by atoms with E-state index in [-0.39, 0.29) is 11.7 Å². The van der Waals surface area contributed by atoms with Crippen LogP contribution in [0.25, 0.3) is 10.7 Å². The summed E-state index contributed by atoms with van der Waals surface area (Å²) >= 11 is 1.34. The number of nitrogens with zero attached hydrogens (tertiary/aromatic N) is 4. The molecule has 2 aromatic heterocycles. The Morgan fingerprint density at radius 2 is 2.15 bits per heavy atom. The van der Waals surface area contributed by atoms with Crippen LogP contribution in [0.2, 0.25) is 0 Å². The Morgan fingerprint density at radius 1 is 1.42 bits per heavy atom. The van der Waals surface area contributed by atoms with Crippen LogP contribution in [0.4, 0.5) is 13.2 Å². The number of carbonyl (C=O) groups is 1. The van der Waals surface area contributed by atoms with Gasteiger partial charge in [0.15, 0.2) is 0 Å². The van der Waals surface area contributed by atoms with Gasteiger partial charge in [-0.2, -0.15) is 13.2 Å². The van der Waals surface area contributed by atoms with E-state index in [1.54, 1.807) is 17.9 Å². The summed E-state index contributed by atoms with van der Waals surface area (Å²) in [6, 6.07) is -0.193. The van der Waals surface area contributed by atoms with Crippen molar-refractivity contribution in [1.29, 1.82) is 0 Å². The molecular weight excluding hydrogens is 367 g/mol. The van der Waals surface area contributed by atoms with Gasteiger partial charge in [-0.05, 0) is 25.7 Å². The first-order valence-electron chi connectivity index (χ1n) is 8.15. The summed E-state index contributed by atoms with van der Waals surface area (Å²) in [6.07, 6.45) is 1.23. The van der Waals surface area contributed by atoms with E-state index >= 15 is 0 Å². The molecule has 1 aliphatic carbocycles. The molecule has 0 bridgehead atoms. The van der Waals surface area contributed by atoms with Gasteiger partial charge >= 0.3 is 6.18 Å². The average molecular weight is 385 g/mol. The van der Waals surface area contributed by atoms with Crippen LogP contribution in [0.3, 0.4) is 0 Å². The Morgan fingerprint density at radius 3 is 2.77 bits per heavy atom. The normalized spacial score (nSPS) is 18.2. The highest BCUT2D eigenvalue weighted by Gasteiger charge is 2.29. The van der Waals surface area contributed by atoms with E-state index in [1.807, 2.05) is 11.6 Å². The van der Waals surface area contributed by atoms with Gasteiger partial charge < -0.3 is 9.88 Å². The van der Waals surface area contributed by atoms with E-state index in [2.05, 4.69) is 20.3 Å². The average Bonchev–Trinajstić information content (AvgIpc) is 3.22. The number of aromatic nitrogens is 3. The number of hydrogen-bond donors (Lipinski definition) is 1. The lowest BCUT2D eigenvalue weighted by atomic mass is 9.93. The fourth-order valence-corrected chi connectivity index (χ4v) is 3.63. The maximum atomic E-state index is 12.3. The fourth-order valence-electron chi connectivity index (χ4n) is 2.78. The molecule has 0 aromatic carbocycles. The quantitative estimate of drug-likeness (QED) is 0.877. The molecule has 26 heavy (non-hydrogen) atoms. The minimum absolute atomic E-state index is 0.193. The van der Waals surface area contributed by atoms with Gasteiger partial charge in [0.25, 0.3) is 5.91 Å². The SMILES string of the molecule is Cn1cncc1-c1nc(C(=O)N=C2CCC(NCC(F)(F)F)CC2)cs1. The van der Waals surface area contributed by atoms with Crippen LogP contribution in [0, 0.1) is 0 Å². The molecule has 0 aliphatic heterocycles. The number of thiazole rings is 1. The highest BCUT2D eigenvalue weighted by Crippen LogP contribution is 2.24. The highest BCUT2D eigenvalue weighted by atomic mass is 32.1.